The Morgan fingerprint density at radius 3 is 2.83 bits per heavy atom. The molecule has 23 heavy (non-hydrogen) atoms. The normalized spacial score (nSPS) is 12.1. The molecule has 2 N–H and O–H groups in total. The van der Waals surface area contributed by atoms with Gasteiger partial charge >= 0.3 is 0 Å². The number of imidazole rings is 1. The highest BCUT2D eigenvalue weighted by Gasteiger charge is 2.20. The number of aromatic nitrogens is 4. The maximum absolute atomic E-state index is 12.3. The molecule has 0 atom stereocenters. The van der Waals surface area contributed by atoms with Crippen LogP contribution >= 0.6 is 0 Å². The molecule has 3 aromatic heterocycles. The van der Waals surface area contributed by atoms with Gasteiger partial charge in [0.05, 0.1) is 6.54 Å². The standard InChI is InChI=1S/C14H17N5O3S/c1-10(2)19-8-7-15-13(19)9-17-23(20,21)14-4-3-12(22-14)11-5-6-16-18-11/h3-8,10,17H,9H2,1-2H3,(H,16,18). The van der Waals surface area contributed by atoms with Crippen molar-refractivity contribution in [3.8, 4) is 11.5 Å². The number of aromatic amines is 1. The molecule has 9 heteroatoms. The van der Waals surface area contributed by atoms with Gasteiger partial charge in [-0.15, -0.1) is 0 Å². The van der Waals surface area contributed by atoms with Gasteiger partial charge in [0, 0.05) is 24.6 Å². The summed E-state index contributed by atoms with van der Waals surface area (Å²) in [5, 5.41) is 6.38. The second-order valence-electron chi connectivity index (χ2n) is 5.26. The van der Waals surface area contributed by atoms with Gasteiger partial charge < -0.3 is 8.98 Å². The molecule has 0 unspecified atom stereocenters. The molecule has 0 aliphatic rings. The number of sulfonamides is 1. The van der Waals surface area contributed by atoms with Crippen LogP contribution in [0.2, 0.25) is 0 Å². The third kappa shape index (κ3) is 3.20. The van der Waals surface area contributed by atoms with Gasteiger partial charge in [-0.05, 0) is 32.0 Å². The summed E-state index contributed by atoms with van der Waals surface area (Å²) in [7, 11) is -3.75. The number of hydrogen-bond acceptors (Lipinski definition) is 5. The van der Waals surface area contributed by atoms with Gasteiger partial charge in [0.15, 0.2) is 5.76 Å². The molecule has 0 aromatic carbocycles. The second kappa shape index (κ2) is 6.01. The monoisotopic (exact) mass is 335 g/mol. The summed E-state index contributed by atoms with van der Waals surface area (Å²) in [6.45, 7) is 4.10. The Kier molecular flexibility index (Phi) is 4.05. The average molecular weight is 335 g/mol. The Hall–Kier alpha value is -2.39. The predicted molar refractivity (Wildman–Crippen MR) is 82.9 cm³/mol. The highest BCUT2D eigenvalue weighted by molar-refractivity contribution is 7.89. The Morgan fingerprint density at radius 2 is 2.13 bits per heavy atom. The zero-order valence-electron chi connectivity index (χ0n) is 12.7. The molecule has 122 valence electrons. The van der Waals surface area contributed by atoms with Crippen LogP contribution in [0.15, 0.2) is 46.3 Å². The fourth-order valence-corrected chi connectivity index (χ4v) is 3.09. The quantitative estimate of drug-likeness (QED) is 0.716. The highest BCUT2D eigenvalue weighted by atomic mass is 32.2. The second-order valence-corrected chi connectivity index (χ2v) is 6.96. The van der Waals surface area contributed by atoms with E-state index in [-0.39, 0.29) is 17.7 Å². The van der Waals surface area contributed by atoms with Crippen molar-refractivity contribution in [2.24, 2.45) is 0 Å². The Balaban J connectivity index is 1.76. The summed E-state index contributed by atoms with van der Waals surface area (Å²) in [5.74, 6) is 1.05. The summed E-state index contributed by atoms with van der Waals surface area (Å²) in [5.41, 5.74) is 0.613. The summed E-state index contributed by atoms with van der Waals surface area (Å²) in [6.07, 6.45) is 5.03. The van der Waals surface area contributed by atoms with Crippen molar-refractivity contribution in [1.82, 2.24) is 24.5 Å². The van der Waals surface area contributed by atoms with Crippen molar-refractivity contribution in [3.05, 3.63) is 42.6 Å². The molecule has 0 saturated heterocycles. The fourth-order valence-electron chi connectivity index (χ4n) is 2.18. The number of H-pyrrole nitrogens is 1. The van der Waals surface area contributed by atoms with Crippen LogP contribution in [0.4, 0.5) is 0 Å². The Morgan fingerprint density at radius 1 is 1.30 bits per heavy atom. The molecular weight excluding hydrogens is 318 g/mol. The SMILES string of the molecule is CC(C)n1ccnc1CNS(=O)(=O)c1ccc(-c2ccn[nH]2)o1. The van der Waals surface area contributed by atoms with Crippen LogP contribution in [-0.2, 0) is 16.6 Å². The maximum atomic E-state index is 12.3. The molecule has 3 rings (SSSR count). The zero-order chi connectivity index (χ0) is 16.4. The van der Waals surface area contributed by atoms with Crippen LogP contribution in [0.1, 0.15) is 25.7 Å². The van der Waals surface area contributed by atoms with Crippen molar-refractivity contribution >= 4 is 10.0 Å². The molecule has 3 heterocycles. The van der Waals surface area contributed by atoms with Crippen molar-refractivity contribution in [2.45, 2.75) is 31.5 Å². The van der Waals surface area contributed by atoms with E-state index >= 15 is 0 Å². The van der Waals surface area contributed by atoms with Gasteiger partial charge in [-0.25, -0.2) is 18.1 Å². The lowest BCUT2D eigenvalue weighted by Crippen LogP contribution is -2.25. The van der Waals surface area contributed by atoms with E-state index in [4.69, 9.17) is 4.42 Å². The minimum atomic E-state index is -3.75. The number of furan rings is 1. The van der Waals surface area contributed by atoms with Crippen molar-refractivity contribution < 1.29 is 12.8 Å². The number of nitrogens with one attached hydrogen (secondary N) is 2. The number of rotatable bonds is 6. The van der Waals surface area contributed by atoms with E-state index in [0.29, 0.717) is 17.3 Å². The van der Waals surface area contributed by atoms with Crippen LogP contribution in [0, 0.1) is 0 Å². The summed E-state index contributed by atoms with van der Waals surface area (Å²) in [4.78, 5) is 4.17. The molecule has 0 saturated carbocycles. The first-order chi connectivity index (χ1) is 11.0. The van der Waals surface area contributed by atoms with Crippen molar-refractivity contribution in [3.63, 3.8) is 0 Å². The minimum Gasteiger partial charge on any atom is -0.442 e. The molecule has 3 aromatic rings. The topological polar surface area (TPSA) is 106 Å². The Bertz CT molecular complexity index is 877. The lowest BCUT2D eigenvalue weighted by atomic mass is 10.3. The first-order valence-electron chi connectivity index (χ1n) is 7.08. The van der Waals surface area contributed by atoms with E-state index in [2.05, 4.69) is 19.9 Å². The molecule has 8 nitrogen and oxygen atoms in total. The summed E-state index contributed by atoms with van der Waals surface area (Å²) >= 11 is 0. The average Bonchev–Trinajstić information content (AvgIpc) is 3.23. The summed E-state index contributed by atoms with van der Waals surface area (Å²) < 4.78 is 34.4. The van der Waals surface area contributed by atoms with Crippen LogP contribution in [0.5, 0.6) is 0 Å². The number of nitrogens with zero attached hydrogens (tertiary/aromatic N) is 3. The predicted octanol–water partition coefficient (Wildman–Crippen LogP) is 1.93. The summed E-state index contributed by atoms with van der Waals surface area (Å²) in [6, 6.07) is 4.89. The molecule has 0 bridgehead atoms. The van der Waals surface area contributed by atoms with E-state index < -0.39 is 10.0 Å². The van der Waals surface area contributed by atoms with E-state index in [1.165, 1.54) is 6.07 Å². The van der Waals surface area contributed by atoms with E-state index in [0.717, 1.165) is 0 Å². The van der Waals surface area contributed by atoms with Crippen molar-refractivity contribution in [1.29, 1.82) is 0 Å². The van der Waals surface area contributed by atoms with Crippen LogP contribution in [0.25, 0.3) is 11.5 Å². The first-order valence-corrected chi connectivity index (χ1v) is 8.56. The smallest absolute Gasteiger partial charge is 0.274 e. The van der Waals surface area contributed by atoms with Gasteiger partial charge in [0.25, 0.3) is 10.0 Å². The van der Waals surface area contributed by atoms with Crippen LogP contribution in [-0.4, -0.2) is 28.2 Å². The van der Waals surface area contributed by atoms with E-state index in [1.54, 1.807) is 24.5 Å². The molecule has 0 aliphatic carbocycles. The zero-order valence-corrected chi connectivity index (χ0v) is 13.5. The van der Waals surface area contributed by atoms with E-state index in [1.807, 2.05) is 24.6 Å². The fraction of sp³-hybridized carbons (Fsp3) is 0.286. The molecule has 0 spiro atoms. The van der Waals surface area contributed by atoms with Crippen LogP contribution < -0.4 is 4.72 Å². The van der Waals surface area contributed by atoms with Gasteiger partial charge in [-0.3, -0.25) is 5.10 Å². The Labute approximate surface area is 133 Å². The third-order valence-corrected chi connectivity index (χ3v) is 4.61. The third-order valence-electron chi connectivity index (χ3n) is 3.34. The molecule has 0 radical (unpaired) electrons. The van der Waals surface area contributed by atoms with Gasteiger partial charge in [0.1, 0.15) is 11.5 Å². The minimum absolute atomic E-state index is 0.0909. The van der Waals surface area contributed by atoms with Gasteiger partial charge in [0.2, 0.25) is 5.09 Å². The molecule has 0 amide bonds. The highest BCUT2D eigenvalue weighted by Crippen LogP contribution is 2.22. The van der Waals surface area contributed by atoms with Crippen LogP contribution in [0.3, 0.4) is 0 Å². The maximum Gasteiger partial charge on any atom is 0.274 e. The van der Waals surface area contributed by atoms with Gasteiger partial charge in [-0.1, -0.05) is 0 Å². The van der Waals surface area contributed by atoms with E-state index in [9.17, 15) is 8.42 Å². The van der Waals surface area contributed by atoms with Gasteiger partial charge in [-0.2, -0.15) is 5.10 Å². The molecule has 0 aliphatic heterocycles. The molecular formula is C14H17N5O3S. The lowest BCUT2D eigenvalue weighted by molar-refractivity contribution is 0.453. The largest absolute Gasteiger partial charge is 0.442 e. The molecule has 0 fully saturated rings. The first kappa shape index (κ1) is 15.5. The lowest BCUT2D eigenvalue weighted by Gasteiger charge is -2.11. The van der Waals surface area contributed by atoms with Crippen molar-refractivity contribution in [2.75, 3.05) is 0 Å². The number of hydrogen-bond donors (Lipinski definition) is 2.